The van der Waals surface area contributed by atoms with Crippen molar-refractivity contribution >= 4 is 21.6 Å². The van der Waals surface area contributed by atoms with Crippen LogP contribution < -0.4 is 4.72 Å². The first-order chi connectivity index (χ1) is 7.85. The van der Waals surface area contributed by atoms with Crippen molar-refractivity contribution in [2.75, 3.05) is 7.11 Å². The van der Waals surface area contributed by atoms with Gasteiger partial charge in [-0.05, 0) is 18.9 Å². The van der Waals surface area contributed by atoms with Gasteiger partial charge in [0.25, 0.3) is 0 Å². The predicted molar refractivity (Wildman–Crippen MR) is 64.7 cm³/mol. The van der Waals surface area contributed by atoms with Crippen LogP contribution in [0.5, 0.6) is 0 Å². The van der Waals surface area contributed by atoms with Crippen LogP contribution in [0, 0.1) is 0 Å². The maximum Gasteiger partial charge on any atom is 0.235 e. The van der Waals surface area contributed by atoms with E-state index >= 15 is 0 Å². The van der Waals surface area contributed by atoms with Gasteiger partial charge in [0.15, 0.2) is 0 Å². The van der Waals surface area contributed by atoms with E-state index in [1.54, 1.807) is 0 Å². The molecule has 1 N–H and O–H groups in total. The molecule has 98 valence electrons. The molecule has 1 rings (SSSR count). The van der Waals surface area contributed by atoms with Crippen LogP contribution >= 0.6 is 11.6 Å². The van der Waals surface area contributed by atoms with E-state index in [2.05, 4.69) is 11.3 Å². The van der Waals surface area contributed by atoms with Gasteiger partial charge in [-0.15, -0.1) is 0 Å². The molecule has 0 spiro atoms. The van der Waals surface area contributed by atoms with Crippen LogP contribution in [0.1, 0.15) is 19.3 Å². The van der Waals surface area contributed by atoms with Crippen molar-refractivity contribution in [3.05, 3.63) is 24.2 Å². The summed E-state index contributed by atoms with van der Waals surface area (Å²) in [5.74, 6) is -0.738. The monoisotopic (exact) mass is 283 g/mol. The minimum absolute atomic E-state index is 0.0624. The quantitative estimate of drug-likeness (QED) is 0.575. The van der Waals surface area contributed by atoms with Gasteiger partial charge in [0.2, 0.25) is 10.0 Å². The lowest BCUT2D eigenvalue weighted by molar-refractivity contribution is 0.167. The highest BCUT2D eigenvalue weighted by Gasteiger charge is 2.36. The van der Waals surface area contributed by atoms with E-state index in [9.17, 15) is 12.8 Å². The fourth-order valence-corrected chi connectivity index (χ4v) is 2.82. The first-order valence-electron chi connectivity index (χ1n) is 5.08. The average Bonchev–Trinajstić information content (AvgIpc) is 2.98. The second kappa shape index (κ2) is 5.84. The Balaban J connectivity index is 2.73. The van der Waals surface area contributed by atoms with Gasteiger partial charge in [0, 0.05) is 19.2 Å². The number of rotatable bonds is 7. The summed E-state index contributed by atoms with van der Waals surface area (Å²) in [6.45, 7) is 3.06. The summed E-state index contributed by atoms with van der Waals surface area (Å²) in [5, 5.41) is -0.380. The van der Waals surface area contributed by atoms with Crippen LogP contribution in [-0.4, -0.2) is 26.3 Å². The number of nitrogens with one attached hydrogen (secondary N) is 1. The summed E-state index contributed by atoms with van der Waals surface area (Å²) < 4.78 is 43.2. The number of allylic oxidation sites excluding steroid dienone is 2. The summed E-state index contributed by atoms with van der Waals surface area (Å²) in [6, 6.07) is 0. The van der Waals surface area contributed by atoms with E-state index in [1.165, 1.54) is 7.11 Å². The summed E-state index contributed by atoms with van der Waals surface area (Å²) >= 11 is 5.72. The third kappa shape index (κ3) is 5.06. The Labute approximate surface area is 106 Å². The summed E-state index contributed by atoms with van der Waals surface area (Å²) in [7, 11) is -2.04. The molecule has 0 aromatic carbocycles. The number of methoxy groups -OCH3 is 1. The molecule has 0 saturated heterocycles. The van der Waals surface area contributed by atoms with Gasteiger partial charge in [-0.1, -0.05) is 18.2 Å². The molecule has 17 heavy (non-hydrogen) atoms. The summed E-state index contributed by atoms with van der Waals surface area (Å²) in [4.78, 5) is 0. The van der Waals surface area contributed by atoms with Gasteiger partial charge in [-0.25, -0.2) is 12.8 Å². The molecule has 1 aliphatic rings. The molecule has 1 saturated carbocycles. The Bertz CT molecular complexity index is 417. The fourth-order valence-electron chi connectivity index (χ4n) is 1.22. The lowest BCUT2D eigenvalue weighted by Gasteiger charge is -2.13. The second-order valence-corrected chi connectivity index (χ2v) is 6.26. The molecule has 0 radical (unpaired) electrons. The Morgan fingerprint density at radius 2 is 2.29 bits per heavy atom. The minimum atomic E-state index is -3.43. The molecule has 1 fully saturated rings. The standard InChI is InChI=1S/C10H15ClFNO3S/c1-7(12)5-8(6-10(11)16-2)13-17(14,15)9-3-4-9/h5,9-10,13H,1,3-4,6H2,2H3/b8-5+. The first-order valence-corrected chi connectivity index (χ1v) is 7.07. The Morgan fingerprint density at radius 1 is 1.71 bits per heavy atom. The van der Waals surface area contributed by atoms with Crippen LogP contribution in [0.2, 0.25) is 0 Å². The highest BCUT2D eigenvalue weighted by molar-refractivity contribution is 7.90. The fraction of sp³-hybridized carbons (Fsp3) is 0.600. The molecule has 0 aromatic rings. The van der Waals surface area contributed by atoms with Gasteiger partial charge in [0.05, 0.1) is 5.25 Å². The zero-order valence-corrected chi connectivity index (χ0v) is 11.0. The molecule has 1 unspecified atom stereocenters. The van der Waals surface area contributed by atoms with Crippen molar-refractivity contribution in [2.45, 2.75) is 30.1 Å². The molecule has 0 heterocycles. The molecule has 1 aliphatic carbocycles. The van der Waals surface area contributed by atoms with Crippen LogP contribution in [-0.2, 0) is 14.8 Å². The lowest BCUT2D eigenvalue weighted by atomic mass is 10.3. The number of sulfonamides is 1. The molecule has 0 bridgehead atoms. The van der Waals surface area contributed by atoms with E-state index in [1.807, 2.05) is 0 Å². The molecular formula is C10H15ClFNO3S. The van der Waals surface area contributed by atoms with Gasteiger partial charge in [0.1, 0.15) is 11.4 Å². The highest BCUT2D eigenvalue weighted by Crippen LogP contribution is 2.28. The first kappa shape index (κ1) is 14.5. The number of hydrogen-bond donors (Lipinski definition) is 1. The van der Waals surface area contributed by atoms with Crippen LogP contribution in [0.15, 0.2) is 24.2 Å². The number of halogens is 2. The highest BCUT2D eigenvalue weighted by atomic mass is 35.5. The summed E-state index contributed by atoms with van der Waals surface area (Å²) in [5.41, 5.74) is -0.575. The molecule has 0 aromatic heterocycles. The van der Waals surface area contributed by atoms with E-state index < -0.39 is 21.4 Å². The van der Waals surface area contributed by atoms with Gasteiger partial charge < -0.3 is 4.74 Å². The normalized spacial score (nSPS) is 18.9. The molecule has 0 amide bonds. The molecule has 7 heteroatoms. The maximum absolute atomic E-state index is 12.7. The zero-order chi connectivity index (χ0) is 13.1. The topological polar surface area (TPSA) is 55.4 Å². The van der Waals surface area contributed by atoms with Crippen LogP contribution in [0.25, 0.3) is 0 Å². The summed E-state index contributed by atoms with van der Waals surface area (Å²) in [6.07, 6.45) is 2.34. The molecular weight excluding hydrogens is 269 g/mol. The maximum atomic E-state index is 12.7. The van der Waals surface area contributed by atoms with Crippen molar-refractivity contribution in [1.29, 1.82) is 0 Å². The Morgan fingerprint density at radius 3 is 2.71 bits per heavy atom. The van der Waals surface area contributed by atoms with E-state index in [-0.39, 0.29) is 17.4 Å². The third-order valence-corrected chi connectivity index (χ3v) is 4.43. The second-order valence-electron chi connectivity index (χ2n) is 3.81. The lowest BCUT2D eigenvalue weighted by Crippen LogP contribution is -2.28. The van der Waals surface area contributed by atoms with E-state index in [0.717, 1.165) is 6.08 Å². The van der Waals surface area contributed by atoms with Crippen molar-refractivity contribution < 1.29 is 17.5 Å². The van der Waals surface area contributed by atoms with Crippen molar-refractivity contribution in [3.63, 3.8) is 0 Å². The number of ether oxygens (including phenoxy) is 1. The average molecular weight is 284 g/mol. The van der Waals surface area contributed by atoms with Gasteiger partial charge >= 0.3 is 0 Å². The minimum Gasteiger partial charge on any atom is -0.365 e. The number of alkyl halides is 1. The van der Waals surface area contributed by atoms with Crippen molar-refractivity contribution in [3.8, 4) is 0 Å². The van der Waals surface area contributed by atoms with Crippen molar-refractivity contribution in [2.24, 2.45) is 0 Å². The molecule has 0 aliphatic heterocycles. The Hall–Kier alpha value is -0.590. The zero-order valence-electron chi connectivity index (χ0n) is 9.45. The number of hydrogen-bond acceptors (Lipinski definition) is 3. The van der Waals surface area contributed by atoms with Gasteiger partial charge in [-0.2, -0.15) is 0 Å². The van der Waals surface area contributed by atoms with Crippen molar-refractivity contribution in [1.82, 2.24) is 4.72 Å². The molecule has 4 nitrogen and oxygen atoms in total. The largest absolute Gasteiger partial charge is 0.365 e. The van der Waals surface area contributed by atoms with Crippen LogP contribution in [0.4, 0.5) is 4.39 Å². The van der Waals surface area contributed by atoms with Gasteiger partial charge in [-0.3, -0.25) is 4.72 Å². The van der Waals surface area contributed by atoms with Crippen LogP contribution in [0.3, 0.4) is 0 Å². The van der Waals surface area contributed by atoms with E-state index in [4.69, 9.17) is 16.3 Å². The Kier molecular flexibility index (Phi) is 4.97. The smallest absolute Gasteiger partial charge is 0.235 e. The predicted octanol–water partition coefficient (Wildman–Crippen LogP) is 2.04. The molecule has 1 atom stereocenters. The third-order valence-electron chi connectivity index (χ3n) is 2.20. The van der Waals surface area contributed by atoms with E-state index in [0.29, 0.717) is 12.8 Å². The SMILES string of the molecule is C=C(F)/C=C(\CC(Cl)OC)NS(=O)(=O)C1CC1.